The maximum absolute atomic E-state index is 10.4. The molecule has 0 aliphatic carbocycles. The molecule has 5 heteroatoms. The van der Waals surface area contributed by atoms with E-state index >= 15 is 0 Å². The van der Waals surface area contributed by atoms with Crippen molar-refractivity contribution in [3.05, 3.63) is 24.4 Å². The van der Waals surface area contributed by atoms with Crippen molar-refractivity contribution in [1.82, 2.24) is 9.97 Å². The number of hydrogen-bond acceptors (Lipinski definition) is 4. The Morgan fingerprint density at radius 3 is 2.58 bits per heavy atom. The Kier molecular flexibility index (Phi) is 2.57. The van der Waals surface area contributed by atoms with Gasteiger partial charge in [-0.05, 0) is 0 Å². The lowest BCUT2D eigenvalue weighted by Gasteiger charge is -1.97. The molecule has 0 saturated carbocycles. The first kappa shape index (κ1) is 8.45. The van der Waals surface area contributed by atoms with E-state index in [9.17, 15) is 4.79 Å². The third-order valence-electron chi connectivity index (χ3n) is 1.14. The summed E-state index contributed by atoms with van der Waals surface area (Å²) in [6.07, 6.45) is 4.15. The van der Waals surface area contributed by atoms with Crippen LogP contribution in [0.4, 0.5) is 0 Å². The first-order valence-corrected chi connectivity index (χ1v) is 3.22. The van der Waals surface area contributed by atoms with E-state index in [1.54, 1.807) is 0 Å². The van der Waals surface area contributed by atoms with Crippen molar-refractivity contribution >= 4 is 5.91 Å². The summed E-state index contributed by atoms with van der Waals surface area (Å²) in [5.41, 5.74) is 5.47. The van der Waals surface area contributed by atoms with Crippen LogP contribution in [-0.4, -0.2) is 23.0 Å². The van der Waals surface area contributed by atoms with Gasteiger partial charge in [0.2, 0.25) is 5.91 Å². The summed E-state index contributed by atoms with van der Waals surface area (Å²) in [5.74, 6) is -0.524. The molecule has 0 atom stereocenters. The van der Waals surface area contributed by atoms with Crippen LogP contribution in [0.25, 0.3) is 0 Å². The minimum Gasteiger partial charge on any atom is -0.467 e. The van der Waals surface area contributed by atoms with Gasteiger partial charge in [0.15, 0.2) is 0 Å². The second-order valence-electron chi connectivity index (χ2n) is 2.05. The fourth-order valence-corrected chi connectivity index (χ4v) is 0.670. The quantitative estimate of drug-likeness (QED) is 0.658. The van der Waals surface area contributed by atoms with Crippen molar-refractivity contribution in [1.29, 1.82) is 0 Å². The summed E-state index contributed by atoms with van der Waals surface area (Å²) in [7, 11) is 1.47. The van der Waals surface area contributed by atoms with Crippen LogP contribution >= 0.6 is 0 Å². The Labute approximate surface area is 69.6 Å². The number of carbonyl (C=O) groups is 1. The first-order valence-electron chi connectivity index (χ1n) is 3.22. The number of nitrogens with zero attached hydrogens (tertiary/aromatic N) is 2. The largest absolute Gasteiger partial charge is 0.467 e. The third kappa shape index (κ3) is 2.19. The highest BCUT2D eigenvalue weighted by Crippen LogP contribution is 2.02. The molecule has 0 fully saturated rings. The fraction of sp³-hybridized carbons (Fsp3) is 0.143. The molecule has 1 radical (unpaired) electrons. The van der Waals surface area contributed by atoms with Gasteiger partial charge in [0, 0.05) is 18.0 Å². The number of nitrogens with two attached hydrogens (primary N) is 1. The van der Waals surface area contributed by atoms with E-state index < -0.39 is 5.91 Å². The summed E-state index contributed by atoms with van der Waals surface area (Å²) in [4.78, 5) is 18.0. The lowest BCUT2D eigenvalue weighted by atomic mass is 10.2. The van der Waals surface area contributed by atoms with Crippen molar-refractivity contribution in [3.8, 4) is 6.01 Å². The monoisotopic (exact) mass is 166 g/mol. The van der Waals surface area contributed by atoms with E-state index in [0.717, 1.165) is 0 Å². The van der Waals surface area contributed by atoms with E-state index in [0.29, 0.717) is 5.56 Å². The molecule has 0 bridgehead atoms. The van der Waals surface area contributed by atoms with Gasteiger partial charge in [0.05, 0.1) is 13.5 Å². The lowest BCUT2D eigenvalue weighted by molar-refractivity contribution is -0.114. The first-order chi connectivity index (χ1) is 5.72. The zero-order valence-electron chi connectivity index (χ0n) is 6.52. The Morgan fingerprint density at radius 1 is 1.58 bits per heavy atom. The Morgan fingerprint density at radius 2 is 2.17 bits per heavy atom. The Balaban J connectivity index is 2.71. The Hall–Kier alpha value is -1.65. The molecule has 0 unspecified atom stereocenters. The second kappa shape index (κ2) is 3.66. The molecule has 1 aromatic heterocycles. The van der Waals surface area contributed by atoms with Crippen molar-refractivity contribution in [2.24, 2.45) is 5.73 Å². The number of methoxy groups -OCH3 is 1. The average Bonchev–Trinajstić information content (AvgIpc) is 2.05. The number of carbonyl (C=O) groups excluding carboxylic acids is 1. The molecule has 12 heavy (non-hydrogen) atoms. The van der Waals surface area contributed by atoms with Crippen LogP contribution in [0.15, 0.2) is 12.4 Å². The van der Waals surface area contributed by atoms with Gasteiger partial charge >= 0.3 is 6.01 Å². The fourth-order valence-electron chi connectivity index (χ4n) is 0.670. The standard InChI is InChI=1S/C7H8N3O2/c1-12-7-9-3-5(4-10-7)2-6(8)11/h2-4H,1H3,(H2,8,11). The average molecular weight is 166 g/mol. The molecule has 63 valence electrons. The summed E-state index contributed by atoms with van der Waals surface area (Å²) in [5, 5.41) is 0. The molecule has 0 saturated heterocycles. The van der Waals surface area contributed by atoms with Gasteiger partial charge in [-0.25, -0.2) is 9.97 Å². The zero-order valence-corrected chi connectivity index (χ0v) is 6.52. The predicted octanol–water partition coefficient (Wildman–Crippen LogP) is -0.477. The SMILES string of the molecule is COc1ncc([CH]C(N)=O)cn1. The van der Waals surface area contributed by atoms with Crippen LogP contribution in [-0.2, 0) is 4.79 Å². The molecular formula is C7H8N3O2. The molecule has 2 N–H and O–H groups in total. The van der Waals surface area contributed by atoms with Gasteiger partial charge < -0.3 is 10.5 Å². The van der Waals surface area contributed by atoms with Crippen molar-refractivity contribution in [2.45, 2.75) is 0 Å². The van der Waals surface area contributed by atoms with Crippen molar-refractivity contribution < 1.29 is 9.53 Å². The number of amides is 1. The molecule has 1 heterocycles. The predicted molar refractivity (Wildman–Crippen MR) is 41.2 cm³/mol. The zero-order chi connectivity index (χ0) is 8.97. The third-order valence-corrected chi connectivity index (χ3v) is 1.14. The number of ether oxygens (including phenoxy) is 1. The van der Waals surface area contributed by atoms with Gasteiger partial charge in [0.25, 0.3) is 0 Å². The van der Waals surface area contributed by atoms with Crippen LogP contribution in [0.2, 0.25) is 0 Å². The molecule has 0 aliphatic heterocycles. The highest BCUT2D eigenvalue weighted by molar-refractivity contribution is 5.86. The topological polar surface area (TPSA) is 78.1 Å². The maximum Gasteiger partial charge on any atom is 0.316 e. The van der Waals surface area contributed by atoms with E-state index in [-0.39, 0.29) is 6.01 Å². The molecule has 0 aliphatic rings. The molecule has 0 spiro atoms. The minimum atomic E-state index is -0.524. The van der Waals surface area contributed by atoms with E-state index in [2.05, 4.69) is 9.97 Å². The summed E-state index contributed by atoms with van der Waals surface area (Å²) in [6.45, 7) is 0. The van der Waals surface area contributed by atoms with Gasteiger partial charge in [-0.1, -0.05) is 0 Å². The van der Waals surface area contributed by atoms with Crippen LogP contribution in [0.3, 0.4) is 0 Å². The maximum atomic E-state index is 10.4. The molecule has 1 amide bonds. The molecule has 0 aromatic carbocycles. The van der Waals surface area contributed by atoms with Crippen LogP contribution in [0.1, 0.15) is 5.56 Å². The molecular weight excluding hydrogens is 158 g/mol. The summed E-state index contributed by atoms with van der Waals surface area (Å²) >= 11 is 0. The minimum absolute atomic E-state index is 0.261. The highest BCUT2D eigenvalue weighted by atomic mass is 16.5. The van der Waals surface area contributed by atoms with Crippen LogP contribution in [0.5, 0.6) is 6.01 Å². The van der Waals surface area contributed by atoms with E-state index in [4.69, 9.17) is 10.5 Å². The summed E-state index contributed by atoms with van der Waals surface area (Å²) < 4.78 is 4.72. The number of rotatable bonds is 3. The number of aromatic nitrogens is 2. The summed E-state index contributed by atoms with van der Waals surface area (Å²) in [6, 6.07) is 0.261. The van der Waals surface area contributed by atoms with E-state index in [1.807, 2.05) is 0 Å². The smallest absolute Gasteiger partial charge is 0.316 e. The Bertz CT molecular complexity index is 270. The van der Waals surface area contributed by atoms with Gasteiger partial charge in [0.1, 0.15) is 0 Å². The van der Waals surface area contributed by atoms with Crippen LogP contribution in [0, 0.1) is 6.42 Å². The van der Waals surface area contributed by atoms with Crippen molar-refractivity contribution in [2.75, 3.05) is 7.11 Å². The number of hydrogen-bond donors (Lipinski definition) is 1. The van der Waals surface area contributed by atoms with Crippen LogP contribution < -0.4 is 10.5 Å². The second-order valence-corrected chi connectivity index (χ2v) is 2.05. The van der Waals surface area contributed by atoms with Gasteiger partial charge in [-0.3, -0.25) is 4.79 Å². The lowest BCUT2D eigenvalue weighted by Crippen LogP contribution is -2.11. The molecule has 1 aromatic rings. The van der Waals surface area contributed by atoms with Gasteiger partial charge in [-0.2, -0.15) is 0 Å². The van der Waals surface area contributed by atoms with E-state index in [1.165, 1.54) is 25.9 Å². The molecule has 5 nitrogen and oxygen atoms in total. The van der Waals surface area contributed by atoms with Crippen molar-refractivity contribution in [3.63, 3.8) is 0 Å². The highest BCUT2D eigenvalue weighted by Gasteiger charge is 2.00. The molecule has 1 rings (SSSR count). The van der Waals surface area contributed by atoms with Gasteiger partial charge in [-0.15, -0.1) is 0 Å². The number of primary amides is 1. The normalized spacial score (nSPS) is 9.42.